The van der Waals surface area contributed by atoms with Gasteiger partial charge in [0, 0.05) is 31.0 Å². The molecule has 0 saturated carbocycles. The van der Waals surface area contributed by atoms with Gasteiger partial charge in [-0.05, 0) is 45.4 Å². The number of rotatable bonds is 4. The number of nitrogens with one attached hydrogen (secondary N) is 1. The fourth-order valence-corrected chi connectivity index (χ4v) is 2.72. The van der Waals surface area contributed by atoms with E-state index < -0.39 is 0 Å². The zero-order valence-corrected chi connectivity index (χ0v) is 12.1. The van der Waals surface area contributed by atoms with Crippen LogP contribution in [0.5, 0.6) is 0 Å². The third kappa shape index (κ3) is 2.72. The maximum atomic E-state index is 4.66. The van der Waals surface area contributed by atoms with Gasteiger partial charge in [-0.1, -0.05) is 0 Å². The topological polar surface area (TPSA) is 53.9 Å². The monoisotopic (exact) mass is 271 g/mol. The normalized spacial score (nSPS) is 18.9. The first-order valence-electron chi connectivity index (χ1n) is 7.32. The van der Waals surface area contributed by atoms with Crippen molar-refractivity contribution >= 4 is 17.0 Å². The standard InChI is InChI=1S/C15H21N5/c1-11(2)20(10-12-4-3-7-16-12)14-6-5-13-15(19-14)18-9-8-17-13/h5-6,8-9,11-12,16H,3-4,7,10H2,1-2H3. The van der Waals surface area contributed by atoms with E-state index in [0.717, 1.165) is 30.1 Å². The quantitative estimate of drug-likeness (QED) is 0.921. The third-order valence-electron chi connectivity index (χ3n) is 3.81. The molecule has 3 heterocycles. The van der Waals surface area contributed by atoms with Crippen molar-refractivity contribution in [1.29, 1.82) is 0 Å². The van der Waals surface area contributed by atoms with E-state index in [9.17, 15) is 0 Å². The molecule has 0 spiro atoms. The van der Waals surface area contributed by atoms with E-state index in [1.807, 2.05) is 12.1 Å². The van der Waals surface area contributed by atoms with Crippen LogP contribution < -0.4 is 10.2 Å². The first-order valence-corrected chi connectivity index (χ1v) is 7.32. The SMILES string of the molecule is CC(C)N(CC1CCCN1)c1ccc2nccnc2n1. The fourth-order valence-electron chi connectivity index (χ4n) is 2.72. The minimum Gasteiger partial charge on any atom is -0.353 e. The summed E-state index contributed by atoms with van der Waals surface area (Å²) in [7, 11) is 0. The Labute approximate surface area is 119 Å². The Morgan fingerprint density at radius 1 is 1.30 bits per heavy atom. The first-order chi connectivity index (χ1) is 9.74. The van der Waals surface area contributed by atoms with Crippen LogP contribution in [0.25, 0.3) is 11.2 Å². The molecule has 1 unspecified atom stereocenters. The third-order valence-corrected chi connectivity index (χ3v) is 3.81. The average Bonchev–Trinajstić information content (AvgIpc) is 2.97. The Morgan fingerprint density at radius 2 is 2.15 bits per heavy atom. The largest absolute Gasteiger partial charge is 0.353 e. The Kier molecular flexibility index (Phi) is 3.78. The summed E-state index contributed by atoms with van der Waals surface area (Å²) in [4.78, 5) is 15.6. The second-order valence-corrected chi connectivity index (χ2v) is 5.61. The molecule has 2 aromatic rings. The van der Waals surface area contributed by atoms with Crippen LogP contribution in [0.15, 0.2) is 24.5 Å². The van der Waals surface area contributed by atoms with Gasteiger partial charge >= 0.3 is 0 Å². The predicted octanol–water partition coefficient (Wildman–Crippen LogP) is 1.99. The lowest BCUT2D eigenvalue weighted by atomic mass is 10.2. The van der Waals surface area contributed by atoms with Crippen LogP contribution >= 0.6 is 0 Å². The van der Waals surface area contributed by atoms with Gasteiger partial charge in [-0.3, -0.25) is 4.98 Å². The van der Waals surface area contributed by atoms with Crippen molar-refractivity contribution in [1.82, 2.24) is 20.3 Å². The highest BCUT2D eigenvalue weighted by atomic mass is 15.2. The van der Waals surface area contributed by atoms with Crippen LogP contribution in [0.4, 0.5) is 5.82 Å². The van der Waals surface area contributed by atoms with E-state index in [2.05, 4.69) is 39.0 Å². The lowest BCUT2D eigenvalue weighted by molar-refractivity contribution is 0.549. The number of pyridine rings is 1. The van der Waals surface area contributed by atoms with Gasteiger partial charge in [0.05, 0.1) is 0 Å². The number of hydrogen-bond donors (Lipinski definition) is 1. The zero-order chi connectivity index (χ0) is 13.9. The Bertz CT molecular complexity index is 577. The van der Waals surface area contributed by atoms with E-state index in [4.69, 9.17) is 0 Å². The molecule has 2 aromatic heterocycles. The molecule has 0 bridgehead atoms. The smallest absolute Gasteiger partial charge is 0.180 e. The Balaban J connectivity index is 1.87. The molecule has 1 fully saturated rings. The Morgan fingerprint density at radius 3 is 2.90 bits per heavy atom. The summed E-state index contributed by atoms with van der Waals surface area (Å²) < 4.78 is 0. The number of anilines is 1. The summed E-state index contributed by atoms with van der Waals surface area (Å²) in [5.74, 6) is 0.988. The highest BCUT2D eigenvalue weighted by Crippen LogP contribution is 2.19. The number of hydrogen-bond acceptors (Lipinski definition) is 5. The van der Waals surface area contributed by atoms with E-state index >= 15 is 0 Å². The highest BCUT2D eigenvalue weighted by molar-refractivity contribution is 5.71. The minimum atomic E-state index is 0.416. The van der Waals surface area contributed by atoms with Crippen LogP contribution in [0.3, 0.4) is 0 Å². The maximum absolute atomic E-state index is 4.66. The first kappa shape index (κ1) is 13.2. The van der Waals surface area contributed by atoms with Crippen molar-refractivity contribution in [2.24, 2.45) is 0 Å². The van der Waals surface area contributed by atoms with Crippen molar-refractivity contribution in [3.8, 4) is 0 Å². The number of fused-ring (bicyclic) bond motifs is 1. The van der Waals surface area contributed by atoms with Crippen molar-refractivity contribution in [2.75, 3.05) is 18.0 Å². The molecule has 0 radical (unpaired) electrons. The molecular weight excluding hydrogens is 250 g/mol. The average molecular weight is 271 g/mol. The maximum Gasteiger partial charge on any atom is 0.180 e. The second-order valence-electron chi connectivity index (χ2n) is 5.61. The van der Waals surface area contributed by atoms with Gasteiger partial charge in [0.15, 0.2) is 5.65 Å². The molecule has 1 N–H and O–H groups in total. The van der Waals surface area contributed by atoms with Crippen LogP contribution in [0, 0.1) is 0 Å². The van der Waals surface area contributed by atoms with Gasteiger partial charge in [0.2, 0.25) is 0 Å². The molecule has 5 nitrogen and oxygen atoms in total. The molecular formula is C15H21N5. The number of aromatic nitrogens is 3. The molecule has 1 saturated heterocycles. The predicted molar refractivity (Wildman–Crippen MR) is 80.8 cm³/mol. The van der Waals surface area contributed by atoms with Gasteiger partial charge in [-0.25, -0.2) is 9.97 Å². The van der Waals surface area contributed by atoms with E-state index in [0.29, 0.717) is 12.1 Å². The Hall–Kier alpha value is -1.75. The minimum absolute atomic E-state index is 0.416. The fraction of sp³-hybridized carbons (Fsp3) is 0.533. The van der Waals surface area contributed by atoms with Crippen molar-refractivity contribution in [2.45, 2.75) is 38.8 Å². The van der Waals surface area contributed by atoms with Gasteiger partial charge in [-0.2, -0.15) is 0 Å². The molecule has 5 heteroatoms. The summed E-state index contributed by atoms with van der Waals surface area (Å²) in [6.45, 7) is 6.54. The summed E-state index contributed by atoms with van der Waals surface area (Å²) >= 11 is 0. The summed E-state index contributed by atoms with van der Waals surface area (Å²) in [6, 6.07) is 5.03. The van der Waals surface area contributed by atoms with E-state index in [1.165, 1.54) is 12.8 Å². The van der Waals surface area contributed by atoms with Gasteiger partial charge < -0.3 is 10.2 Å². The van der Waals surface area contributed by atoms with E-state index in [-0.39, 0.29) is 0 Å². The zero-order valence-electron chi connectivity index (χ0n) is 12.1. The van der Waals surface area contributed by atoms with Crippen LogP contribution in [-0.2, 0) is 0 Å². The van der Waals surface area contributed by atoms with Crippen molar-refractivity contribution in [3.05, 3.63) is 24.5 Å². The summed E-state index contributed by atoms with van der Waals surface area (Å²) in [5, 5.41) is 3.55. The van der Waals surface area contributed by atoms with Crippen LogP contribution in [0.1, 0.15) is 26.7 Å². The van der Waals surface area contributed by atoms with Gasteiger partial charge in [0.1, 0.15) is 11.3 Å². The van der Waals surface area contributed by atoms with Gasteiger partial charge in [-0.15, -0.1) is 0 Å². The summed E-state index contributed by atoms with van der Waals surface area (Å²) in [6.07, 6.45) is 5.91. The molecule has 0 aromatic carbocycles. The molecule has 0 amide bonds. The van der Waals surface area contributed by atoms with Gasteiger partial charge in [0.25, 0.3) is 0 Å². The van der Waals surface area contributed by atoms with Crippen molar-refractivity contribution in [3.63, 3.8) is 0 Å². The molecule has 0 aliphatic carbocycles. The number of nitrogens with zero attached hydrogens (tertiary/aromatic N) is 4. The second kappa shape index (κ2) is 5.71. The molecule has 3 rings (SSSR count). The van der Waals surface area contributed by atoms with Crippen LogP contribution in [0.2, 0.25) is 0 Å². The lowest BCUT2D eigenvalue weighted by Crippen LogP contribution is -2.41. The lowest BCUT2D eigenvalue weighted by Gasteiger charge is -2.30. The molecule has 1 atom stereocenters. The molecule has 1 aliphatic rings. The molecule has 20 heavy (non-hydrogen) atoms. The molecule has 106 valence electrons. The van der Waals surface area contributed by atoms with Crippen LogP contribution in [-0.4, -0.2) is 40.1 Å². The van der Waals surface area contributed by atoms with E-state index in [1.54, 1.807) is 12.4 Å². The van der Waals surface area contributed by atoms with Crippen molar-refractivity contribution < 1.29 is 0 Å². The summed E-state index contributed by atoms with van der Waals surface area (Å²) in [5.41, 5.74) is 1.56. The molecule has 1 aliphatic heterocycles. The highest BCUT2D eigenvalue weighted by Gasteiger charge is 2.21.